The van der Waals surface area contributed by atoms with Crippen LogP contribution in [0.25, 0.3) is 11.4 Å². The molecule has 2 unspecified atom stereocenters. The molecule has 2 atom stereocenters. The molecule has 1 amide bonds. The number of methoxy groups -OCH3 is 2. The van der Waals surface area contributed by atoms with E-state index >= 15 is 0 Å². The van der Waals surface area contributed by atoms with Crippen LogP contribution in [0.15, 0.2) is 22.7 Å². The van der Waals surface area contributed by atoms with Crippen LogP contribution in [0.3, 0.4) is 0 Å². The van der Waals surface area contributed by atoms with Gasteiger partial charge in [0.1, 0.15) is 0 Å². The number of likely N-dealkylation sites (tertiary alicyclic amines) is 1. The van der Waals surface area contributed by atoms with Gasteiger partial charge in [0.15, 0.2) is 11.5 Å². The average Bonchev–Trinajstić information content (AvgIpc) is 3.24. The summed E-state index contributed by atoms with van der Waals surface area (Å²) in [6.45, 7) is 8.74. The normalized spacial score (nSPS) is 19.0. The summed E-state index contributed by atoms with van der Waals surface area (Å²) in [6, 6.07) is 5.46. The minimum absolute atomic E-state index is 0.0370. The Labute approximate surface area is 194 Å². The summed E-state index contributed by atoms with van der Waals surface area (Å²) >= 11 is 1.46. The van der Waals surface area contributed by atoms with Gasteiger partial charge < -0.3 is 24.2 Å². The Hall–Kier alpha value is -2.26. The summed E-state index contributed by atoms with van der Waals surface area (Å²) in [6.07, 6.45) is 2.30. The molecule has 0 aliphatic carbocycles. The van der Waals surface area contributed by atoms with Crippen molar-refractivity contribution in [3.63, 3.8) is 0 Å². The second-order valence-corrected chi connectivity index (χ2v) is 9.47. The Balaban J connectivity index is 1.35. The average molecular weight is 463 g/mol. The zero-order valence-electron chi connectivity index (χ0n) is 19.4. The molecule has 0 bridgehead atoms. The quantitative estimate of drug-likeness (QED) is 0.508. The second-order valence-electron chi connectivity index (χ2n) is 8.48. The van der Waals surface area contributed by atoms with Crippen molar-refractivity contribution in [3.05, 3.63) is 24.1 Å². The minimum atomic E-state index is 0.0370. The molecule has 0 saturated carbocycles. The predicted molar refractivity (Wildman–Crippen MR) is 126 cm³/mol. The molecule has 1 fully saturated rings. The fourth-order valence-corrected chi connectivity index (χ4v) is 4.87. The highest BCUT2D eigenvalue weighted by molar-refractivity contribution is 7.99. The number of thioether (sulfide) groups is 1. The molecule has 1 saturated heterocycles. The summed E-state index contributed by atoms with van der Waals surface area (Å²) in [4.78, 5) is 19.0. The van der Waals surface area contributed by atoms with Gasteiger partial charge in [-0.1, -0.05) is 19.0 Å². The van der Waals surface area contributed by atoms with Crippen LogP contribution in [0.1, 0.15) is 32.6 Å². The monoisotopic (exact) mass is 462 g/mol. The van der Waals surface area contributed by atoms with Crippen LogP contribution in [-0.4, -0.2) is 67.1 Å². The van der Waals surface area contributed by atoms with Gasteiger partial charge in [0, 0.05) is 25.2 Å². The van der Waals surface area contributed by atoms with E-state index in [0.29, 0.717) is 41.3 Å². The standard InChI is InChI=1S/C23H34N4O4S/c1-16-10-17(2)13-27(12-16)9-5-8-24-21(28)14-32-15-22-25-23(26-31-22)18-6-7-19(29-3)20(11-18)30-4/h6-7,11,16-17H,5,8-10,12-15H2,1-4H3,(H,24,28). The molecular formula is C23H34N4O4S. The maximum absolute atomic E-state index is 12.1. The van der Waals surface area contributed by atoms with Crippen molar-refractivity contribution < 1.29 is 18.8 Å². The molecule has 1 aromatic heterocycles. The van der Waals surface area contributed by atoms with Crippen LogP contribution >= 0.6 is 11.8 Å². The largest absolute Gasteiger partial charge is 0.493 e. The van der Waals surface area contributed by atoms with Gasteiger partial charge in [-0.15, -0.1) is 11.8 Å². The van der Waals surface area contributed by atoms with E-state index in [1.807, 2.05) is 6.07 Å². The third-order valence-electron chi connectivity index (χ3n) is 5.49. The maximum atomic E-state index is 12.1. The smallest absolute Gasteiger partial charge is 0.236 e. The van der Waals surface area contributed by atoms with E-state index < -0.39 is 0 Å². The molecular weight excluding hydrogens is 428 g/mol. The van der Waals surface area contributed by atoms with Gasteiger partial charge >= 0.3 is 0 Å². The van der Waals surface area contributed by atoms with Gasteiger partial charge in [0.2, 0.25) is 17.6 Å². The minimum Gasteiger partial charge on any atom is -0.493 e. The number of nitrogens with zero attached hydrogens (tertiary/aromatic N) is 3. The first-order chi connectivity index (χ1) is 15.5. The first-order valence-corrected chi connectivity index (χ1v) is 12.3. The van der Waals surface area contributed by atoms with Crippen LogP contribution in [0.4, 0.5) is 0 Å². The summed E-state index contributed by atoms with van der Waals surface area (Å²) < 4.78 is 15.9. The molecule has 0 radical (unpaired) electrons. The molecule has 32 heavy (non-hydrogen) atoms. The number of rotatable bonds is 11. The van der Waals surface area contributed by atoms with Gasteiger partial charge in [-0.25, -0.2) is 0 Å². The number of carbonyl (C=O) groups excluding carboxylic acids is 1. The molecule has 0 spiro atoms. The Morgan fingerprint density at radius 2 is 1.97 bits per heavy atom. The van der Waals surface area contributed by atoms with Crippen molar-refractivity contribution in [3.8, 4) is 22.9 Å². The van der Waals surface area contributed by atoms with Crippen molar-refractivity contribution in [1.82, 2.24) is 20.4 Å². The van der Waals surface area contributed by atoms with Crippen molar-refractivity contribution in [1.29, 1.82) is 0 Å². The molecule has 8 nitrogen and oxygen atoms in total. The molecule has 176 valence electrons. The number of amides is 1. The SMILES string of the molecule is COc1ccc(-c2noc(CSCC(=O)NCCCN3CC(C)CC(C)C3)n2)cc1OC. The lowest BCUT2D eigenvalue weighted by Gasteiger charge is -2.34. The number of hydrogen-bond acceptors (Lipinski definition) is 8. The number of carbonyl (C=O) groups is 1. The van der Waals surface area contributed by atoms with E-state index in [1.54, 1.807) is 26.4 Å². The number of hydrogen-bond donors (Lipinski definition) is 1. The molecule has 1 aliphatic rings. The zero-order valence-corrected chi connectivity index (χ0v) is 20.2. The summed E-state index contributed by atoms with van der Waals surface area (Å²) in [5.74, 6) is 4.63. The van der Waals surface area contributed by atoms with Crippen LogP contribution < -0.4 is 14.8 Å². The molecule has 1 aromatic carbocycles. The van der Waals surface area contributed by atoms with Crippen LogP contribution in [0.2, 0.25) is 0 Å². The first-order valence-electron chi connectivity index (χ1n) is 11.1. The van der Waals surface area contributed by atoms with Crippen molar-refractivity contribution in [2.45, 2.75) is 32.4 Å². The van der Waals surface area contributed by atoms with E-state index in [-0.39, 0.29) is 5.91 Å². The zero-order chi connectivity index (χ0) is 22.9. The number of nitrogens with one attached hydrogen (secondary N) is 1. The van der Waals surface area contributed by atoms with E-state index in [1.165, 1.54) is 31.3 Å². The van der Waals surface area contributed by atoms with Crippen molar-refractivity contribution in [2.24, 2.45) is 11.8 Å². The highest BCUT2D eigenvalue weighted by Gasteiger charge is 2.21. The highest BCUT2D eigenvalue weighted by Crippen LogP contribution is 2.31. The lowest BCUT2D eigenvalue weighted by Crippen LogP contribution is -2.40. The number of ether oxygens (including phenoxy) is 2. The van der Waals surface area contributed by atoms with Crippen LogP contribution in [0, 0.1) is 11.8 Å². The van der Waals surface area contributed by atoms with E-state index in [9.17, 15) is 4.79 Å². The van der Waals surface area contributed by atoms with Crippen molar-refractivity contribution in [2.75, 3.05) is 46.2 Å². The van der Waals surface area contributed by atoms with Gasteiger partial charge in [0.05, 0.1) is 25.7 Å². The lowest BCUT2D eigenvalue weighted by atomic mass is 9.92. The van der Waals surface area contributed by atoms with Gasteiger partial charge in [0.25, 0.3) is 0 Å². The molecule has 1 N–H and O–H groups in total. The Morgan fingerprint density at radius 3 is 2.69 bits per heavy atom. The fourth-order valence-electron chi connectivity index (χ4n) is 4.19. The van der Waals surface area contributed by atoms with E-state index in [2.05, 4.69) is 34.2 Å². The van der Waals surface area contributed by atoms with Crippen LogP contribution in [-0.2, 0) is 10.5 Å². The topological polar surface area (TPSA) is 89.7 Å². The third kappa shape index (κ3) is 7.13. The maximum Gasteiger partial charge on any atom is 0.236 e. The first kappa shape index (κ1) is 24.4. The summed E-state index contributed by atoms with van der Waals surface area (Å²) in [5.41, 5.74) is 0.776. The molecule has 3 rings (SSSR count). The molecule has 2 heterocycles. The Bertz CT molecular complexity index is 865. The van der Waals surface area contributed by atoms with Gasteiger partial charge in [-0.2, -0.15) is 4.98 Å². The van der Waals surface area contributed by atoms with Gasteiger partial charge in [-0.3, -0.25) is 4.79 Å². The molecule has 1 aliphatic heterocycles. The van der Waals surface area contributed by atoms with Gasteiger partial charge in [-0.05, 0) is 49.4 Å². The molecule has 9 heteroatoms. The molecule has 2 aromatic rings. The Morgan fingerprint density at radius 1 is 1.22 bits per heavy atom. The Kier molecular flexibility index (Phi) is 9.23. The number of aromatic nitrogens is 2. The lowest BCUT2D eigenvalue weighted by molar-refractivity contribution is -0.118. The summed E-state index contributed by atoms with van der Waals surface area (Å²) in [7, 11) is 3.17. The fraction of sp³-hybridized carbons (Fsp3) is 0.609. The number of benzene rings is 1. The van der Waals surface area contributed by atoms with E-state index in [0.717, 1.165) is 30.4 Å². The third-order valence-corrected chi connectivity index (χ3v) is 6.40. The highest BCUT2D eigenvalue weighted by atomic mass is 32.2. The summed E-state index contributed by atoms with van der Waals surface area (Å²) in [5, 5.41) is 7.04. The van der Waals surface area contributed by atoms with E-state index in [4.69, 9.17) is 14.0 Å². The second kappa shape index (κ2) is 12.1. The van der Waals surface area contributed by atoms with Crippen LogP contribution in [0.5, 0.6) is 11.5 Å². The van der Waals surface area contributed by atoms with Crippen molar-refractivity contribution >= 4 is 17.7 Å². The predicted octanol–water partition coefficient (Wildman–Crippen LogP) is 3.47. The number of piperidine rings is 1.